The summed E-state index contributed by atoms with van der Waals surface area (Å²) in [5, 5.41) is 0. The van der Waals surface area contributed by atoms with Gasteiger partial charge in [0.1, 0.15) is 12.4 Å². The fraction of sp³-hybridized carbons (Fsp3) is 0.375. The topological polar surface area (TPSA) is 59.1 Å². The molecule has 0 saturated heterocycles. The first-order chi connectivity index (χ1) is 20.6. The lowest BCUT2D eigenvalue weighted by Gasteiger charge is -2.32. The summed E-state index contributed by atoms with van der Waals surface area (Å²) in [4.78, 5) is 28.8. The van der Waals surface area contributed by atoms with E-state index in [1.165, 1.54) is 16.7 Å². The number of rotatable bonds is 7. The first kappa shape index (κ1) is 32.7. The maximum Gasteiger partial charge on any atom is 0.416 e. The van der Waals surface area contributed by atoms with Gasteiger partial charge in [-0.15, -0.1) is 0 Å². The number of hydrogen-bond donors (Lipinski definition) is 0. The fourth-order valence-corrected chi connectivity index (χ4v) is 5.12. The Bertz CT molecular complexity index is 1440. The van der Waals surface area contributed by atoms with Gasteiger partial charge in [-0.05, 0) is 67.6 Å². The van der Waals surface area contributed by atoms with Crippen LogP contribution < -0.4 is 9.64 Å². The first-order valence-electron chi connectivity index (χ1n) is 14.0. The number of alkyl halides is 6. The zero-order valence-corrected chi connectivity index (χ0v) is 24.3. The molecule has 44 heavy (non-hydrogen) atoms. The Balaban J connectivity index is 1.75. The highest BCUT2D eigenvalue weighted by Gasteiger charge is 2.38. The van der Waals surface area contributed by atoms with Crippen molar-refractivity contribution in [1.82, 2.24) is 4.90 Å². The van der Waals surface area contributed by atoms with Gasteiger partial charge in [0.15, 0.2) is 0 Å². The number of nitrogens with zero attached hydrogens (tertiary/aromatic N) is 2. The second-order valence-electron chi connectivity index (χ2n) is 10.8. The number of ether oxygens (including phenoxy) is 2. The van der Waals surface area contributed by atoms with Gasteiger partial charge in [-0.2, -0.15) is 26.3 Å². The third kappa shape index (κ3) is 8.03. The summed E-state index contributed by atoms with van der Waals surface area (Å²) in [6, 6.07) is 14.8. The molecule has 0 N–H and O–H groups in total. The van der Waals surface area contributed by atoms with Crippen molar-refractivity contribution in [3.63, 3.8) is 0 Å². The smallest absolute Gasteiger partial charge is 0.416 e. The van der Waals surface area contributed by atoms with Gasteiger partial charge in [-0.1, -0.05) is 36.4 Å². The average Bonchev–Trinajstić information content (AvgIpc) is 3.13. The Morgan fingerprint density at radius 1 is 0.909 bits per heavy atom. The zero-order chi connectivity index (χ0) is 32.2. The van der Waals surface area contributed by atoms with Crippen molar-refractivity contribution in [2.24, 2.45) is 0 Å². The quantitative estimate of drug-likeness (QED) is 0.248. The van der Waals surface area contributed by atoms with Gasteiger partial charge in [0.05, 0.1) is 29.0 Å². The van der Waals surface area contributed by atoms with E-state index in [1.54, 1.807) is 32.0 Å². The van der Waals surface area contributed by atoms with Crippen LogP contribution in [0.15, 0.2) is 66.7 Å². The summed E-state index contributed by atoms with van der Waals surface area (Å²) < 4.78 is 92.7. The van der Waals surface area contributed by atoms with Gasteiger partial charge in [0.25, 0.3) is 0 Å². The monoisotopic (exact) mass is 622 g/mol. The van der Waals surface area contributed by atoms with Crippen LogP contribution in [0.25, 0.3) is 0 Å². The van der Waals surface area contributed by atoms with Crippen molar-refractivity contribution in [2.75, 3.05) is 11.4 Å². The number of hydrogen-bond acceptors (Lipinski definition) is 4. The highest BCUT2D eigenvalue weighted by atomic mass is 19.4. The number of halogens is 6. The van der Waals surface area contributed by atoms with Gasteiger partial charge < -0.3 is 14.4 Å². The van der Waals surface area contributed by atoms with Crippen molar-refractivity contribution in [3.8, 4) is 5.75 Å². The molecule has 1 atom stereocenters. The highest BCUT2D eigenvalue weighted by Crippen LogP contribution is 2.41. The van der Waals surface area contributed by atoms with Crippen molar-refractivity contribution < 1.29 is 45.4 Å². The van der Waals surface area contributed by atoms with Crippen molar-refractivity contribution in [3.05, 3.63) is 94.5 Å². The van der Waals surface area contributed by atoms with Gasteiger partial charge >= 0.3 is 18.4 Å². The summed E-state index contributed by atoms with van der Waals surface area (Å²) in [6.07, 6.45) is -10.5. The minimum atomic E-state index is -5.03. The molecule has 6 nitrogen and oxygen atoms in total. The Morgan fingerprint density at radius 3 is 2.11 bits per heavy atom. The van der Waals surface area contributed by atoms with E-state index in [9.17, 15) is 35.9 Å². The van der Waals surface area contributed by atoms with Gasteiger partial charge in [0, 0.05) is 26.1 Å². The molecule has 0 aromatic heterocycles. The summed E-state index contributed by atoms with van der Waals surface area (Å²) >= 11 is 0. The molecule has 3 aromatic carbocycles. The third-order valence-corrected chi connectivity index (χ3v) is 7.10. The van der Waals surface area contributed by atoms with Gasteiger partial charge in [-0.3, -0.25) is 9.69 Å². The highest BCUT2D eigenvalue weighted by molar-refractivity contribution is 5.89. The van der Waals surface area contributed by atoms with Crippen LogP contribution >= 0.6 is 0 Å². The number of carbonyl (C=O) groups excluding carboxylic acids is 2. The van der Waals surface area contributed by atoms with E-state index < -0.39 is 54.2 Å². The molecule has 0 bridgehead atoms. The maximum absolute atomic E-state index is 13.5. The molecule has 1 aliphatic rings. The van der Waals surface area contributed by atoms with Crippen LogP contribution in [0, 0.1) is 0 Å². The molecule has 4 rings (SSSR count). The predicted molar refractivity (Wildman–Crippen MR) is 151 cm³/mol. The Hall–Kier alpha value is -4.22. The van der Waals surface area contributed by atoms with Crippen LogP contribution in [0.2, 0.25) is 0 Å². The normalized spacial score (nSPS) is 15.4. The number of fused-ring (bicyclic) bond motifs is 1. The Morgan fingerprint density at radius 2 is 1.55 bits per heavy atom. The van der Waals surface area contributed by atoms with Crippen LogP contribution in [0.1, 0.15) is 67.5 Å². The van der Waals surface area contributed by atoms with E-state index in [1.807, 2.05) is 30.3 Å². The summed E-state index contributed by atoms with van der Waals surface area (Å²) in [6.45, 7) is 4.50. The Labute approximate surface area is 251 Å². The maximum atomic E-state index is 13.5. The second kappa shape index (κ2) is 13.2. The van der Waals surface area contributed by atoms with Crippen molar-refractivity contribution >= 4 is 17.7 Å². The Kier molecular flexibility index (Phi) is 9.80. The summed E-state index contributed by atoms with van der Waals surface area (Å²) in [5.74, 6) is -0.146. The van der Waals surface area contributed by atoms with Gasteiger partial charge in [0.2, 0.25) is 5.91 Å². The molecule has 0 radical (unpaired) electrons. The molecule has 236 valence electrons. The van der Waals surface area contributed by atoms with E-state index in [4.69, 9.17) is 9.47 Å². The number of benzene rings is 3. The van der Waals surface area contributed by atoms with Crippen LogP contribution in [0.3, 0.4) is 0 Å². The lowest BCUT2D eigenvalue weighted by Crippen LogP contribution is -2.34. The van der Waals surface area contributed by atoms with E-state index in [2.05, 4.69) is 0 Å². The molecule has 0 spiro atoms. The first-order valence-corrected chi connectivity index (χ1v) is 14.0. The van der Waals surface area contributed by atoms with Crippen molar-refractivity contribution in [2.45, 2.75) is 71.3 Å². The third-order valence-electron chi connectivity index (χ3n) is 7.10. The van der Waals surface area contributed by atoms with Crippen molar-refractivity contribution in [1.29, 1.82) is 0 Å². The lowest BCUT2D eigenvalue weighted by atomic mass is 9.97. The molecule has 1 aliphatic heterocycles. The summed E-state index contributed by atoms with van der Waals surface area (Å²) in [5.41, 5.74) is -1.50. The molecule has 3 aromatic rings. The van der Waals surface area contributed by atoms with E-state index in [0.29, 0.717) is 35.6 Å². The number of amides is 2. The van der Waals surface area contributed by atoms with E-state index in [0.717, 1.165) is 5.56 Å². The molecule has 0 saturated carbocycles. The molecule has 1 unspecified atom stereocenters. The molecule has 0 fully saturated rings. The standard InChI is InChI=1S/C32H32F6N2O4/c1-20(2)44-30(42)39-13-7-10-28(27-12-11-26(17-29(27)39)43-19-22-8-5-4-6-9-22)40(21(3)41)18-23-14-24(31(33,34)35)16-25(15-23)32(36,37)38/h4-6,8-9,11-12,14-17,20,28H,7,10,13,18-19H2,1-3H3. The minimum Gasteiger partial charge on any atom is -0.489 e. The van der Waals surface area contributed by atoms with Crippen LogP contribution in [-0.4, -0.2) is 29.5 Å². The largest absolute Gasteiger partial charge is 0.489 e. The fourth-order valence-electron chi connectivity index (χ4n) is 5.12. The molecule has 0 aliphatic carbocycles. The number of carbonyl (C=O) groups is 2. The van der Waals surface area contributed by atoms with Crippen LogP contribution in [0.4, 0.5) is 36.8 Å². The van der Waals surface area contributed by atoms with E-state index >= 15 is 0 Å². The minimum absolute atomic E-state index is 0.0533. The van der Waals surface area contributed by atoms with Crippen LogP contribution in [-0.2, 0) is 35.0 Å². The molecular formula is C32H32F6N2O4. The SMILES string of the molecule is CC(=O)N(Cc1cc(C(F)(F)F)cc(C(F)(F)F)c1)C1CCCN(C(=O)OC(C)C)c2cc(OCc3ccccc3)ccc21. The average molecular weight is 623 g/mol. The van der Waals surface area contributed by atoms with E-state index in [-0.39, 0.29) is 31.2 Å². The molecule has 2 amide bonds. The van der Waals surface area contributed by atoms with Crippen LogP contribution in [0.5, 0.6) is 5.75 Å². The molecule has 12 heteroatoms. The predicted octanol–water partition coefficient (Wildman–Crippen LogP) is 8.54. The molecule has 1 heterocycles. The summed E-state index contributed by atoms with van der Waals surface area (Å²) in [7, 11) is 0. The number of anilines is 1. The zero-order valence-electron chi connectivity index (χ0n) is 24.3. The lowest BCUT2D eigenvalue weighted by molar-refractivity contribution is -0.143. The second-order valence-corrected chi connectivity index (χ2v) is 10.8. The molecular weight excluding hydrogens is 590 g/mol. The van der Waals surface area contributed by atoms with Gasteiger partial charge in [-0.25, -0.2) is 4.79 Å².